The predicted molar refractivity (Wildman–Crippen MR) is 80.7 cm³/mol. The van der Waals surface area contributed by atoms with Crippen LogP contribution >= 0.6 is 43.2 Å². The Hall–Kier alpha value is -0.650. The average molecular weight is 390 g/mol. The van der Waals surface area contributed by atoms with Gasteiger partial charge in [0, 0.05) is 10.9 Å². The lowest BCUT2D eigenvalue weighted by atomic mass is 10.1. The smallest absolute Gasteiger partial charge is 0.177 e. The van der Waals surface area contributed by atoms with Gasteiger partial charge in [0.1, 0.15) is 5.75 Å². The first-order valence-corrected chi connectivity index (χ1v) is 7.61. The standard InChI is InChI=1S/C13H10Br2O2S/c1-17-9-4-2-3-8(5-9)6-11(16)12-7-10(14)13(15)18-12/h2-5,7H,6H2,1H3. The van der Waals surface area contributed by atoms with Gasteiger partial charge in [0.25, 0.3) is 0 Å². The van der Waals surface area contributed by atoms with Crippen molar-refractivity contribution in [3.05, 3.63) is 49.0 Å². The minimum atomic E-state index is 0.111. The lowest BCUT2D eigenvalue weighted by Crippen LogP contribution is -2.01. The fraction of sp³-hybridized carbons (Fsp3) is 0.154. The number of hydrogen-bond acceptors (Lipinski definition) is 3. The van der Waals surface area contributed by atoms with E-state index in [2.05, 4.69) is 31.9 Å². The fourth-order valence-corrected chi connectivity index (χ4v) is 3.51. The van der Waals surface area contributed by atoms with Crippen LogP contribution in [0.25, 0.3) is 0 Å². The summed E-state index contributed by atoms with van der Waals surface area (Å²) in [7, 11) is 1.62. The average Bonchev–Trinajstić information content (AvgIpc) is 2.70. The first kappa shape index (κ1) is 13.8. The van der Waals surface area contributed by atoms with Gasteiger partial charge in [-0.3, -0.25) is 4.79 Å². The van der Waals surface area contributed by atoms with Crippen LogP contribution in [-0.4, -0.2) is 12.9 Å². The molecule has 5 heteroatoms. The van der Waals surface area contributed by atoms with E-state index >= 15 is 0 Å². The lowest BCUT2D eigenvalue weighted by Gasteiger charge is -2.03. The molecule has 1 aromatic heterocycles. The van der Waals surface area contributed by atoms with E-state index in [9.17, 15) is 4.79 Å². The number of halogens is 2. The summed E-state index contributed by atoms with van der Waals surface area (Å²) in [6.07, 6.45) is 0.386. The quantitative estimate of drug-likeness (QED) is 0.708. The van der Waals surface area contributed by atoms with E-state index in [0.717, 1.165) is 24.4 Å². The van der Waals surface area contributed by atoms with Crippen LogP contribution in [0.1, 0.15) is 15.2 Å². The molecule has 0 N–H and O–H groups in total. The molecule has 0 aliphatic heterocycles. The van der Waals surface area contributed by atoms with Crippen molar-refractivity contribution >= 4 is 49.0 Å². The van der Waals surface area contributed by atoms with Crippen molar-refractivity contribution in [2.75, 3.05) is 7.11 Å². The van der Waals surface area contributed by atoms with Gasteiger partial charge >= 0.3 is 0 Å². The van der Waals surface area contributed by atoms with Crippen molar-refractivity contribution in [1.29, 1.82) is 0 Å². The second-order valence-corrected chi connectivity index (χ2v) is 6.91. The second-order valence-electron chi connectivity index (χ2n) is 3.68. The van der Waals surface area contributed by atoms with Gasteiger partial charge in [0.05, 0.1) is 15.8 Å². The van der Waals surface area contributed by atoms with Crippen LogP contribution < -0.4 is 4.74 Å². The molecule has 0 fully saturated rings. The molecule has 94 valence electrons. The van der Waals surface area contributed by atoms with Gasteiger partial charge in [-0.2, -0.15) is 0 Å². The SMILES string of the molecule is COc1cccc(CC(=O)c2cc(Br)c(Br)s2)c1. The maximum atomic E-state index is 12.1. The molecular weight excluding hydrogens is 380 g/mol. The van der Waals surface area contributed by atoms with Gasteiger partial charge in [0.2, 0.25) is 0 Å². The number of rotatable bonds is 4. The molecule has 0 spiro atoms. The molecule has 18 heavy (non-hydrogen) atoms. The molecular formula is C13H10Br2O2S. The van der Waals surface area contributed by atoms with E-state index in [1.54, 1.807) is 7.11 Å². The van der Waals surface area contributed by atoms with E-state index in [-0.39, 0.29) is 5.78 Å². The van der Waals surface area contributed by atoms with E-state index < -0.39 is 0 Å². The van der Waals surface area contributed by atoms with E-state index in [4.69, 9.17) is 4.74 Å². The van der Waals surface area contributed by atoms with Gasteiger partial charge in [-0.25, -0.2) is 0 Å². The second kappa shape index (κ2) is 5.99. The van der Waals surface area contributed by atoms with Gasteiger partial charge in [-0.05, 0) is 55.6 Å². The zero-order chi connectivity index (χ0) is 13.1. The first-order chi connectivity index (χ1) is 8.60. The highest BCUT2D eigenvalue weighted by Crippen LogP contribution is 2.33. The highest BCUT2D eigenvalue weighted by atomic mass is 79.9. The van der Waals surface area contributed by atoms with Crippen molar-refractivity contribution in [3.63, 3.8) is 0 Å². The molecule has 1 heterocycles. The third-order valence-corrected chi connectivity index (χ3v) is 5.72. The summed E-state index contributed by atoms with van der Waals surface area (Å²) in [5, 5.41) is 0. The molecule has 0 saturated carbocycles. The normalized spacial score (nSPS) is 10.4. The summed E-state index contributed by atoms with van der Waals surface area (Å²) < 4.78 is 7.00. The van der Waals surface area contributed by atoms with Gasteiger partial charge in [-0.1, -0.05) is 12.1 Å². The van der Waals surface area contributed by atoms with Crippen LogP contribution in [0.5, 0.6) is 5.75 Å². The molecule has 1 aromatic carbocycles. The van der Waals surface area contributed by atoms with Crippen molar-refractivity contribution in [3.8, 4) is 5.75 Å². The summed E-state index contributed by atoms with van der Waals surface area (Å²) in [6, 6.07) is 9.42. The van der Waals surface area contributed by atoms with Crippen molar-refractivity contribution in [2.45, 2.75) is 6.42 Å². The Labute approximate surface area is 126 Å². The van der Waals surface area contributed by atoms with Crippen LogP contribution in [-0.2, 0) is 6.42 Å². The number of ether oxygens (including phenoxy) is 1. The number of carbonyl (C=O) groups excluding carboxylic acids is 1. The number of hydrogen-bond donors (Lipinski definition) is 0. The van der Waals surface area contributed by atoms with Crippen LogP contribution in [0.2, 0.25) is 0 Å². The Morgan fingerprint density at radius 1 is 1.33 bits per heavy atom. The summed E-state index contributed by atoms with van der Waals surface area (Å²) in [5.74, 6) is 0.883. The summed E-state index contributed by atoms with van der Waals surface area (Å²) >= 11 is 8.22. The Balaban J connectivity index is 2.15. The minimum Gasteiger partial charge on any atom is -0.497 e. The molecule has 2 rings (SSSR count). The van der Waals surface area contributed by atoms with Crippen LogP contribution in [0.15, 0.2) is 38.6 Å². The highest BCUT2D eigenvalue weighted by molar-refractivity contribution is 9.13. The Morgan fingerprint density at radius 2 is 2.11 bits per heavy atom. The molecule has 0 bridgehead atoms. The van der Waals surface area contributed by atoms with Crippen LogP contribution in [0.4, 0.5) is 0 Å². The number of thiophene rings is 1. The van der Waals surface area contributed by atoms with Crippen LogP contribution in [0, 0.1) is 0 Å². The predicted octanol–water partition coefficient (Wildman–Crippen LogP) is 4.71. The van der Waals surface area contributed by atoms with E-state index in [0.29, 0.717) is 6.42 Å². The molecule has 0 saturated heterocycles. The molecule has 0 aliphatic carbocycles. The minimum absolute atomic E-state index is 0.111. The maximum Gasteiger partial charge on any atom is 0.177 e. The van der Waals surface area contributed by atoms with Crippen molar-refractivity contribution in [2.24, 2.45) is 0 Å². The number of methoxy groups -OCH3 is 1. The van der Waals surface area contributed by atoms with Crippen molar-refractivity contribution < 1.29 is 9.53 Å². The summed E-state index contributed by atoms with van der Waals surface area (Å²) in [6.45, 7) is 0. The van der Waals surface area contributed by atoms with E-state index in [1.165, 1.54) is 11.3 Å². The molecule has 2 aromatic rings. The summed E-state index contributed by atoms with van der Waals surface area (Å²) in [5.41, 5.74) is 0.958. The number of carbonyl (C=O) groups is 1. The largest absolute Gasteiger partial charge is 0.497 e. The summed E-state index contributed by atoms with van der Waals surface area (Å²) in [4.78, 5) is 12.9. The number of Topliss-reactive ketones (excluding diaryl/α,β-unsaturated/α-hetero) is 1. The molecule has 0 aliphatic rings. The number of benzene rings is 1. The van der Waals surface area contributed by atoms with Crippen LogP contribution in [0.3, 0.4) is 0 Å². The molecule has 0 amide bonds. The number of ketones is 1. The third kappa shape index (κ3) is 3.22. The fourth-order valence-electron chi connectivity index (χ4n) is 1.54. The Bertz CT molecular complexity index is 559. The van der Waals surface area contributed by atoms with Gasteiger partial charge in [-0.15, -0.1) is 11.3 Å². The lowest BCUT2D eigenvalue weighted by molar-refractivity contribution is 0.0997. The molecule has 0 unspecified atom stereocenters. The highest BCUT2D eigenvalue weighted by Gasteiger charge is 2.12. The topological polar surface area (TPSA) is 26.3 Å². The van der Waals surface area contributed by atoms with E-state index in [1.807, 2.05) is 30.3 Å². The molecule has 2 nitrogen and oxygen atoms in total. The molecule has 0 atom stereocenters. The Kier molecular flexibility index (Phi) is 4.59. The monoisotopic (exact) mass is 388 g/mol. The zero-order valence-electron chi connectivity index (χ0n) is 9.57. The van der Waals surface area contributed by atoms with Gasteiger partial charge in [0.15, 0.2) is 5.78 Å². The third-order valence-electron chi connectivity index (χ3n) is 2.42. The Morgan fingerprint density at radius 3 is 2.72 bits per heavy atom. The molecule has 0 radical (unpaired) electrons. The first-order valence-electron chi connectivity index (χ1n) is 5.21. The van der Waals surface area contributed by atoms with Crippen molar-refractivity contribution in [1.82, 2.24) is 0 Å². The zero-order valence-corrected chi connectivity index (χ0v) is 13.6. The maximum absolute atomic E-state index is 12.1. The van der Waals surface area contributed by atoms with Gasteiger partial charge < -0.3 is 4.74 Å².